The Bertz CT molecular complexity index is 1490. The summed E-state index contributed by atoms with van der Waals surface area (Å²) in [6.45, 7) is 1.86. The van der Waals surface area contributed by atoms with Gasteiger partial charge >= 0.3 is 5.97 Å². The molecule has 2 aromatic heterocycles. The second kappa shape index (κ2) is 7.67. The number of carbonyl (C=O) groups excluding carboxylic acids is 2. The van der Waals surface area contributed by atoms with Gasteiger partial charge in [0.05, 0.1) is 29.7 Å². The van der Waals surface area contributed by atoms with E-state index in [0.29, 0.717) is 16.9 Å². The number of hydrogen-bond acceptors (Lipinski definition) is 6. The first-order valence-corrected chi connectivity index (χ1v) is 10.1. The molecule has 0 radical (unpaired) electrons. The molecule has 164 valence electrons. The van der Waals surface area contributed by atoms with Crippen LogP contribution in [0.15, 0.2) is 70.0 Å². The third-order valence-electron chi connectivity index (χ3n) is 5.63. The Balaban J connectivity index is 1.77. The van der Waals surface area contributed by atoms with Crippen LogP contribution in [0.2, 0.25) is 0 Å². The number of aromatic nitrogens is 1. The van der Waals surface area contributed by atoms with Gasteiger partial charge in [0.2, 0.25) is 5.76 Å². The van der Waals surface area contributed by atoms with Crippen molar-refractivity contribution in [3.8, 4) is 0 Å². The van der Waals surface area contributed by atoms with E-state index in [4.69, 9.17) is 9.15 Å². The number of amides is 1. The smallest absolute Gasteiger partial charge is 0.337 e. The molecule has 1 aliphatic rings. The molecule has 1 aliphatic heterocycles. The zero-order valence-electron chi connectivity index (χ0n) is 17.7. The molecular weight excluding hydrogens is 427 g/mol. The van der Waals surface area contributed by atoms with E-state index in [1.54, 1.807) is 42.6 Å². The van der Waals surface area contributed by atoms with Crippen molar-refractivity contribution in [3.05, 3.63) is 105 Å². The Hall–Kier alpha value is -4.33. The molecule has 0 unspecified atom stereocenters. The highest BCUT2D eigenvalue weighted by atomic mass is 19.1. The number of anilines is 1. The summed E-state index contributed by atoms with van der Waals surface area (Å²) >= 11 is 0. The van der Waals surface area contributed by atoms with Crippen LogP contribution in [0.3, 0.4) is 0 Å². The summed E-state index contributed by atoms with van der Waals surface area (Å²) in [6.07, 6.45) is 1.57. The van der Waals surface area contributed by atoms with E-state index in [9.17, 15) is 18.8 Å². The Morgan fingerprint density at radius 3 is 2.55 bits per heavy atom. The second-order valence-corrected chi connectivity index (χ2v) is 7.70. The fourth-order valence-electron chi connectivity index (χ4n) is 4.07. The molecule has 1 amide bonds. The number of pyridine rings is 1. The molecule has 0 saturated carbocycles. The fourth-order valence-corrected chi connectivity index (χ4v) is 4.07. The van der Waals surface area contributed by atoms with Gasteiger partial charge in [0, 0.05) is 6.20 Å². The number of nitrogens with zero attached hydrogens (tertiary/aromatic N) is 2. The molecule has 4 aromatic rings. The van der Waals surface area contributed by atoms with Crippen LogP contribution in [0.25, 0.3) is 11.0 Å². The monoisotopic (exact) mass is 444 g/mol. The van der Waals surface area contributed by atoms with Gasteiger partial charge in [-0.25, -0.2) is 14.2 Å². The SMILES string of the molecule is COC(=O)c1ccc([C@H]2c3c(oc4ccc(F)cc4c3=O)C(=O)N2c2cc(C)ccn2)cc1. The van der Waals surface area contributed by atoms with E-state index in [-0.39, 0.29) is 22.3 Å². The van der Waals surface area contributed by atoms with Crippen molar-refractivity contribution in [2.24, 2.45) is 0 Å². The maximum absolute atomic E-state index is 13.9. The molecule has 1 atom stereocenters. The molecule has 0 spiro atoms. The lowest BCUT2D eigenvalue weighted by atomic mass is 9.97. The Morgan fingerprint density at radius 2 is 1.85 bits per heavy atom. The summed E-state index contributed by atoms with van der Waals surface area (Å²) in [5, 5.41) is 0.0387. The zero-order chi connectivity index (χ0) is 23.3. The third kappa shape index (κ3) is 3.27. The molecule has 0 aliphatic carbocycles. The number of carbonyl (C=O) groups is 2. The van der Waals surface area contributed by atoms with Gasteiger partial charge in [-0.1, -0.05) is 12.1 Å². The van der Waals surface area contributed by atoms with Crippen molar-refractivity contribution in [2.45, 2.75) is 13.0 Å². The number of esters is 1. The maximum atomic E-state index is 13.9. The fraction of sp³-hybridized carbons (Fsp3) is 0.120. The van der Waals surface area contributed by atoms with Crippen molar-refractivity contribution in [1.82, 2.24) is 4.98 Å². The average molecular weight is 444 g/mol. The predicted octanol–water partition coefficient (Wildman–Crippen LogP) is 4.17. The molecule has 3 heterocycles. The first-order chi connectivity index (χ1) is 15.9. The number of benzene rings is 2. The standard InChI is InChI=1S/C25H17FN2O5/c1-13-9-10-27-19(11-13)28-21(14-3-5-15(6-4-14)25(31)32-2)20-22(29)17-12-16(26)7-8-18(17)33-23(20)24(28)30/h3-12,21H,1-2H3/t21-/m0/s1. The topological polar surface area (TPSA) is 89.7 Å². The highest BCUT2D eigenvalue weighted by Crippen LogP contribution is 2.40. The van der Waals surface area contributed by atoms with Gasteiger partial charge in [-0.15, -0.1) is 0 Å². The largest absolute Gasteiger partial charge is 0.465 e. The summed E-state index contributed by atoms with van der Waals surface area (Å²) < 4.78 is 24.4. The molecule has 0 saturated heterocycles. The Kier molecular flexibility index (Phi) is 4.78. The summed E-state index contributed by atoms with van der Waals surface area (Å²) in [6, 6.07) is 12.6. The van der Waals surface area contributed by atoms with Gasteiger partial charge in [-0.3, -0.25) is 14.5 Å². The lowest BCUT2D eigenvalue weighted by Gasteiger charge is -2.24. The highest BCUT2D eigenvalue weighted by molar-refractivity contribution is 6.10. The highest BCUT2D eigenvalue weighted by Gasteiger charge is 2.44. The quantitative estimate of drug-likeness (QED) is 0.441. The first-order valence-electron chi connectivity index (χ1n) is 10.1. The predicted molar refractivity (Wildman–Crippen MR) is 118 cm³/mol. The zero-order valence-corrected chi connectivity index (χ0v) is 17.7. The minimum absolute atomic E-state index is 0.0387. The minimum atomic E-state index is -0.877. The van der Waals surface area contributed by atoms with E-state index in [1.165, 1.54) is 24.1 Å². The summed E-state index contributed by atoms with van der Waals surface area (Å²) in [5.74, 6) is -1.42. The van der Waals surface area contributed by atoms with E-state index < -0.39 is 29.2 Å². The molecule has 8 heteroatoms. The van der Waals surface area contributed by atoms with Crippen LogP contribution in [-0.4, -0.2) is 24.0 Å². The van der Waals surface area contributed by atoms with Crippen molar-refractivity contribution in [1.29, 1.82) is 0 Å². The van der Waals surface area contributed by atoms with Crippen LogP contribution in [0.5, 0.6) is 0 Å². The van der Waals surface area contributed by atoms with Gasteiger partial charge in [0.25, 0.3) is 5.91 Å². The molecule has 0 bridgehead atoms. The van der Waals surface area contributed by atoms with Crippen molar-refractivity contribution < 1.29 is 23.1 Å². The Labute approximate surface area is 187 Å². The van der Waals surface area contributed by atoms with Gasteiger partial charge in [0.15, 0.2) is 5.43 Å². The van der Waals surface area contributed by atoms with Crippen LogP contribution in [-0.2, 0) is 4.74 Å². The van der Waals surface area contributed by atoms with Gasteiger partial charge in [-0.05, 0) is 60.5 Å². The van der Waals surface area contributed by atoms with E-state index in [2.05, 4.69) is 4.98 Å². The minimum Gasteiger partial charge on any atom is -0.465 e. The first kappa shape index (κ1) is 20.6. The summed E-state index contributed by atoms with van der Waals surface area (Å²) in [7, 11) is 1.28. The van der Waals surface area contributed by atoms with Crippen LogP contribution in [0.1, 0.15) is 43.6 Å². The summed E-state index contributed by atoms with van der Waals surface area (Å²) in [5.41, 5.74) is 1.45. The molecule has 33 heavy (non-hydrogen) atoms. The number of ether oxygens (including phenoxy) is 1. The number of halogens is 1. The lowest BCUT2D eigenvalue weighted by molar-refractivity contribution is 0.0600. The normalized spacial score (nSPS) is 15.1. The van der Waals surface area contributed by atoms with E-state index >= 15 is 0 Å². The number of fused-ring (bicyclic) bond motifs is 2. The maximum Gasteiger partial charge on any atom is 0.337 e. The van der Waals surface area contributed by atoms with Gasteiger partial charge < -0.3 is 9.15 Å². The lowest BCUT2D eigenvalue weighted by Crippen LogP contribution is -2.30. The van der Waals surface area contributed by atoms with E-state index in [1.807, 2.05) is 6.92 Å². The molecule has 2 aromatic carbocycles. The number of rotatable bonds is 3. The number of aryl methyl sites for hydroxylation is 1. The Morgan fingerprint density at radius 1 is 1.09 bits per heavy atom. The molecule has 0 fully saturated rings. The van der Waals surface area contributed by atoms with Crippen molar-refractivity contribution in [2.75, 3.05) is 12.0 Å². The molecule has 5 rings (SSSR count). The number of methoxy groups -OCH3 is 1. The van der Waals surface area contributed by atoms with Crippen LogP contribution >= 0.6 is 0 Å². The molecule has 7 nitrogen and oxygen atoms in total. The number of hydrogen-bond donors (Lipinski definition) is 0. The van der Waals surface area contributed by atoms with Crippen LogP contribution in [0, 0.1) is 12.7 Å². The van der Waals surface area contributed by atoms with Crippen LogP contribution < -0.4 is 10.3 Å². The second-order valence-electron chi connectivity index (χ2n) is 7.70. The third-order valence-corrected chi connectivity index (χ3v) is 5.63. The average Bonchev–Trinajstić information content (AvgIpc) is 3.11. The van der Waals surface area contributed by atoms with E-state index in [0.717, 1.165) is 11.6 Å². The van der Waals surface area contributed by atoms with Gasteiger partial charge in [-0.2, -0.15) is 0 Å². The van der Waals surface area contributed by atoms with Crippen molar-refractivity contribution in [3.63, 3.8) is 0 Å². The molecular formula is C25H17FN2O5. The molecule has 0 N–H and O–H groups in total. The van der Waals surface area contributed by atoms with Crippen LogP contribution in [0.4, 0.5) is 10.2 Å². The van der Waals surface area contributed by atoms with Gasteiger partial charge in [0.1, 0.15) is 17.2 Å². The summed E-state index contributed by atoms with van der Waals surface area (Å²) in [4.78, 5) is 44.5. The van der Waals surface area contributed by atoms with Crippen molar-refractivity contribution >= 4 is 28.7 Å².